The van der Waals surface area contributed by atoms with Crippen molar-refractivity contribution in [1.29, 1.82) is 0 Å². The summed E-state index contributed by atoms with van der Waals surface area (Å²) in [5.74, 6) is -0.372. The van der Waals surface area contributed by atoms with Gasteiger partial charge in [0.1, 0.15) is 6.17 Å². The van der Waals surface area contributed by atoms with Gasteiger partial charge in [-0.2, -0.15) is 5.10 Å². The van der Waals surface area contributed by atoms with Gasteiger partial charge in [0.2, 0.25) is 0 Å². The predicted molar refractivity (Wildman–Crippen MR) is 83.6 cm³/mol. The highest BCUT2D eigenvalue weighted by atomic mass is 79.9. The Kier molecular flexibility index (Phi) is 3.69. The molecule has 1 aliphatic carbocycles. The molecule has 2 atom stereocenters. The zero-order chi connectivity index (χ0) is 14.3. The molecule has 104 valence electrons. The van der Waals surface area contributed by atoms with E-state index in [2.05, 4.69) is 21.0 Å². The highest BCUT2D eigenvalue weighted by molar-refractivity contribution is 9.10. The molecule has 0 bridgehead atoms. The summed E-state index contributed by atoms with van der Waals surface area (Å²) in [7, 11) is 0. The van der Waals surface area contributed by atoms with E-state index < -0.39 is 6.17 Å². The number of hydrogen-bond acceptors (Lipinski definition) is 1. The molecule has 0 aliphatic heterocycles. The maximum atomic E-state index is 14.0. The average molecular weight is 356 g/mol. The number of benzene rings is 1. The van der Waals surface area contributed by atoms with Gasteiger partial charge in [0.05, 0.1) is 17.8 Å². The van der Waals surface area contributed by atoms with E-state index in [-0.39, 0.29) is 5.92 Å². The summed E-state index contributed by atoms with van der Waals surface area (Å²) in [6.45, 7) is 2.39. The van der Waals surface area contributed by atoms with Crippen LogP contribution in [0.1, 0.15) is 5.69 Å². The Balaban J connectivity index is 2.01. The van der Waals surface area contributed by atoms with Gasteiger partial charge in [-0.25, -0.2) is 4.39 Å². The topological polar surface area (TPSA) is 17.8 Å². The molecule has 1 aromatic heterocycles. The second-order valence-corrected chi connectivity index (χ2v) is 6.27. The number of allylic oxidation sites excluding steroid dienone is 4. The third-order valence-electron chi connectivity index (χ3n) is 3.56. The van der Waals surface area contributed by atoms with Gasteiger partial charge in [-0.3, -0.25) is 4.68 Å². The highest BCUT2D eigenvalue weighted by Crippen LogP contribution is 2.30. The lowest BCUT2D eigenvalue weighted by Gasteiger charge is -2.21. The Morgan fingerprint density at radius 2 is 2.25 bits per heavy atom. The van der Waals surface area contributed by atoms with Crippen molar-refractivity contribution < 1.29 is 4.39 Å². The number of aryl methyl sites for hydroxylation is 1. The van der Waals surface area contributed by atoms with Crippen LogP contribution in [0.2, 0.25) is 0 Å². The van der Waals surface area contributed by atoms with Gasteiger partial charge >= 0.3 is 0 Å². The minimum atomic E-state index is -1.07. The first-order valence-electron chi connectivity index (χ1n) is 6.37. The van der Waals surface area contributed by atoms with Gasteiger partial charge in [-0.1, -0.05) is 33.6 Å². The molecule has 2 aromatic rings. The molecule has 2 unspecified atom stereocenters. The quantitative estimate of drug-likeness (QED) is 0.760. The Bertz CT molecular complexity index is 720. The monoisotopic (exact) mass is 354 g/mol. The second-order valence-electron chi connectivity index (χ2n) is 4.92. The van der Waals surface area contributed by atoms with Crippen LogP contribution in [0.3, 0.4) is 0 Å². The maximum Gasteiger partial charge on any atom is 0.128 e. The van der Waals surface area contributed by atoms with Gasteiger partial charge in [0, 0.05) is 20.8 Å². The van der Waals surface area contributed by atoms with Crippen LogP contribution in [-0.2, 0) is 6.54 Å². The average Bonchev–Trinajstić information content (AvgIpc) is 2.70. The van der Waals surface area contributed by atoms with E-state index in [1.165, 1.54) is 6.08 Å². The molecule has 0 N–H and O–H groups in total. The van der Waals surface area contributed by atoms with Gasteiger partial charge in [0.25, 0.3) is 0 Å². The number of fused-ring (bicyclic) bond motifs is 1. The lowest BCUT2D eigenvalue weighted by Crippen LogP contribution is -2.23. The minimum Gasteiger partial charge on any atom is -0.264 e. The first-order valence-corrected chi connectivity index (χ1v) is 7.54. The van der Waals surface area contributed by atoms with E-state index in [1.807, 2.05) is 29.8 Å². The van der Waals surface area contributed by atoms with E-state index in [0.717, 1.165) is 21.1 Å². The van der Waals surface area contributed by atoms with Crippen molar-refractivity contribution in [3.63, 3.8) is 0 Å². The van der Waals surface area contributed by atoms with Gasteiger partial charge in [0.15, 0.2) is 0 Å². The molecular weight excluding hydrogens is 343 g/mol. The van der Waals surface area contributed by atoms with Crippen molar-refractivity contribution in [3.05, 3.63) is 51.6 Å². The van der Waals surface area contributed by atoms with Crippen molar-refractivity contribution in [1.82, 2.24) is 9.78 Å². The van der Waals surface area contributed by atoms with Crippen LogP contribution < -0.4 is 0 Å². The third kappa shape index (κ3) is 2.42. The molecule has 0 fully saturated rings. The Hall–Kier alpha value is -1.13. The molecule has 1 heterocycles. The van der Waals surface area contributed by atoms with Crippen LogP contribution in [0.15, 0.2) is 45.9 Å². The fourth-order valence-corrected chi connectivity index (χ4v) is 3.10. The summed E-state index contributed by atoms with van der Waals surface area (Å²) in [6, 6.07) is 6.00. The van der Waals surface area contributed by atoms with Crippen LogP contribution >= 0.6 is 27.5 Å². The zero-order valence-electron chi connectivity index (χ0n) is 10.9. The third-order valence-corrected chi connectivity index (χ3v) is 4.46. The van der Waals surface area contributed by atoms with Crippen molar-refractivity contribution in [3.8, 4) is 0 Å². The summed E-state index contributed by atoms with van der Waals surface area (Å²) in [6.07, 6.45) is 3.87. The molecular formula is C15H13BrClFN2. The summed E-state index contributed by atoms with van der Waals surface area (Å²) >= 11 is 9.60. The molecule has 1 aliphatic rings. The number of halogens is 3. The first kappa shape index (κ1) is 13.8. The van der Waals surface area contributed by atoms with E-state index in [1.54, 1.807) is 12.2 Å². The molecule has 20 heavy (non-hydrogen) atoms. The molecule has 0 radical (unpaired) electrons. The van der Waals surface area contributed by atoms with Gasteiger partial charge in [-0.05, 0) is 37.3 Å². The maximum absolute atomic E-state index is 14.0. The minimum absolute atomic E-state index is 0.372. The Morgan fingerprint density at radius 3 is 3.00 bits per heavy atom. The van der Waals surface area contributed by atoms with Crippen LogP contribution in [0, 0.1) is 12.8 Å². The van der Waals surface area contributed by atoms with E-state index in [4.69, 9.17) is 11.6 Å². The SMILES string of the molecule is Cc1nn(CC2C(Cl)=CC=CC2F)c2cc(Br)ccc12. The molecule has 5 heteroatoms. The fraction of sp³-hybridized carbons (Fsp3) is 0.267. The second kappa shape index (κ2) is 5.34. The lowest BCUT2D eigenvalue weighted by molar-refractivity contribution is 0.285. The number of hydrogen-bond donors (Lipinski definition) is 0. The summed E-state index contributed by atoms with van der Waals surface area (Å²) in [5, 5.41) is 6.13. The molecule has 0 spiro atoms. The number of aromatic nitrogens is 2. The zero-order valence-corrected chi connectivity index (χ0v) is 13.2. The number of alkyl halides is 1. The van der Waals surface area contributed by atoms with E-state index >= 15 is 0 Å². The Labute approximate surface area is 130 Å². The van der Waals surface area contributed by atoms with Crippen LogP contribution in [-0.4, -0.2) is 16.0 Å². The molecule has 1 aromatic carbocycles. The lowest BCUT2D eigenvalue weighted by atomic mass is 9.98. The normalized spacial score (nSPS) is 22.3. The fourth-order valence-electron chi connectivity index (χ4n) is 2.49. The summed E-state index contributed by atoms with van der Waals surface area (Å²) in [4.78, 5) is 0. The predicted octanol–water partition coefficient (Wildman–Crippen LogP) is 4.75. The standard InChI is InChI=1S/C15H13BrClFN2/c1-9-11-6-5-10(16)7-15(11)20(19-9)8-12-13(17)3-2-4-14(12)18/h2-7,12,14H,8H2,1H3. The number of nitrogens with zero attached hydrogens (tertiary/aromatic N) is 2. The summed E-state index contributed by atoms with van der Waals surface area (Å²) in [5.41, 5.74) is 1.93. The van der Waals surface area contributed by atoms with E-state index in [0.29, 0.717) is 11.6 Å². The van der Waals surface area contributed by atoms with Crippen LogP contribution in [0.4, 0.5) is 4.39 Å². The molecule has 3 rings (SSSR count). The molecule has 0 saturated heterocycles. The molecule has 2 nitrogen and oxygen atoms in total. The highest BCUT2D eigenvalue weighted by Gasteiger charge is 2.25. The summed E-state index contributed by atoms with van der Waals surface area (Å²) < 4.78 is 16.8. The van der Waals surface area contributed by atoms with Crippen LogP contribution in [0.25, 0.3) is 10.9 Å². The van der Waals surface area contributed by atoms with Crippen molar-refractivity contribution in [2.24, 2.45) is 5.92 Å². The first-order chi connectivity index (χ1) is 9.56. The van der Waals surface area contributed by atoms with Crippen molar-refractivity contribution in [2.75, 3.05) is 0 Å². The van der Waals surface area contributed by atoms with Crippen molar-refractivity contribution >= 4 is 38.4 Å². The number of rotatable bonds is 2. The molecule has 0 amide bonds. The van der Waals surface area contributed by atoms with E-state index in [9.17, 15) is 4.39 Å². The van der Waals surface area contributed by atoms with Crippen molar-refractivity contribution in [2.45, 2.75) is 19.6 Å². The van der Waals surface area contributed by atoms with Gasteiger partial charge in [-0.15, -0.1) is 0 Å². The largest absolute Gasteiger partial charge is 0.264 e. The van der Waals surface area contributed by atoms with Crippen LogP contribution in [0.5, 0.6) is 0 Å². The van der Waals surface area contributed by atoms with Gasteiger partial charge < -0.3 is 0 Å². The smallest absolute Gasteiger partial charge is 0.128 e. The molecule has 0 saturated carbocycles. The Morgan fingerprint density at radius 1 is 1.45 bits per heavy atom.